The maximum absolute atomic E-state index is 5.86. The van der Waals surface area contributed by atoms with Crippen LogP contribution in [0.4, 0.5) is 0 Å². The SMILES string of the molecule is CCCc1scnc1-c1ccc(Cl)cc1. The highest BCUT2D eigenvalue weighted by Gasteiger charge is 2.07. The molecule has 0 amide bonds. The topological polar surface area (TPSA) is 12.9 Å². The van der Waals surface area contributed by atoms with E-state index in [1.54, 1.807) is 11.3 Å². The highest BCUT2D eigenvalue weighted by atomic mass is 35.5. The van der Waals surface area contributed by atoms with Crippen LogP contribution in [0.3, 0.4) is 0 Å². The van der Waals surface area contributed by atoms with Gasteiger partial charge < -0.3 is 0 Å². The fraction of sp³-hybridized carbons (Fsp3) is 0.250. The van der Waals surface area contributed by atoms with Crippen molar-refractivity contribution in [3.8, 4) is 11.3 Å². The number of hydrogen-bond donors (Lipinski definition) is 0. The molecule has 2 rings (SSSR count). The van der Waals surface area contributed by atoms with Crippen molar-refractivity contribution in [1.29, 1.82) is 0 Å². The average Bonchev–Trinajstić information content (AvgIpc) is 2.68. The van der Waals surface area contributed by atoms with E-state index in [1.165, 1.54) is 4.88 Å². The lowest BCUT2D eigenvalue weighted by Gasteiger charge is -2.01. The number of aromatic nitrogens is 1. The van der Waals surface area contributed by atoms with Crippen LogP contribution < -0.4 is 0 Å². The standard InChI is InChI=1S/C12H12ClNS/c1-2-3-11-12(14-8-15-11)9-4-6-10(13)7-5-9/h4-8H,2-3H2,1H3. The van der Waals surface area contributed by atoms with Crippen molar-refractivity contribution in [2.75, 3.05) is 0 Å². The molecule has 1 aromatic heterocycles. The molecule has 15 heavy (non-hydrogen) atoms. The number of benzene rings is 1. The Morgan fingerprint density at radius 3 is 2.67 bits per heavy atom. The number of hydrogen-bond acceptors (Lipinski definition) is 2. The van der Waals surface area contributed by atoms with Crippen LogP contribution in [0.5, 0.6) is 0 Å². The summed E-state index contributed by atoms with van der Waals surface area (Å²) >= 11 is 7.59. The molecule has 3 heteroatoms. The molecule has 1 aromatic carbocycles. The summed E-state index contributed by atoms with van der Waals surface area (Å²) in [5.41, 5.74) is 4.18. The van der Waals surface area contributed by atoms with Crippen molar-refractivity contribution >= 4 is 22.9 Å². The second kappa shape index (κ2) is 4.77. The molecule has 0 unspecified atom stereocenters. The van der Waals surface area contributed by atoms with Crippen molar-refractivity contribution in [2.24, 2.45) is 0 Å². The van der Waals surface area contributed by atoms with E-state index in [9.17, 15) is 0 Å². The number of aryl methyl sites for hydroxylation is 1. The maximum Gasteiger partial charge on any atom is 0.0843 e. The third kappa shape index (κ3) is 2.39. The molecular weight excluding hydrogens is 226 g/mol. The van der Waals surface area contributed by atoms with Crippen LogP contribution in [-0.2, 0) is 6.42 Å². The Morgan fingerprint density at radius 2 is 2.00 bits per heavy atom. The molecule has 0 N–H and O–H groups in total. The second-order valence-corrected chi connectivity index (χ2v) is 4.76. The van der Waals surface area contributed by atoms with Crippen molar-refractivity contribution in [2.45, 2.75) is 19.8 Å². The zero-order valence-corrected chi connectivity index (χ0v) is 10.1. The molecule has 0 radical (unpaired) electrons. The van der Waals surface area contributed by atoms with E-state index in [4.69, 9.17) is 11.6 Å². The monoisotopic (exact) mass is 237 g/mol. The van der Waals surface area contributed by atoms with Crippen LogP contribution in [0.25, 0.3) is 11.3 Å². The van der Waals surface area contributed by atoms with E-state index in [0.717, 1.165) is 29.1 Å². The molecule has 1 nitrogen and oxygen atoms in total. The Balaban J connectivity index is 2.36. The van der Waals surface area contributed by atoms with Crippen LogP contribution in [0, 0.1) is 0 Å². The van der Waals surface area contributed by atoms with Gasteiger partial charge in [0.05, 0.1) is 11.2 Å². The third-order valence-corrected chi connectivity index (χ3v) is 3.38. The third-order valence-electron chi connectivity index (χ3n) is 2.24. The van der Waals surface area contributed by atoms with Gasteiger partial charge in [0, 0.05) is 15.5 Å². The Kier molecular flexibility index (Phi) is 3.39. The van der Waals surface area contributed by atoms with Crippen molar-refractivity contribution in [3.05, 3.63) is 39.7 Å². The zero-order valence-electron chi connectivity index (χ0n) is 8.53. The van der Waals surface area contributed by atoms with Gasteiger partial charge in [-0.1, -0.05) is 37.1 Å². The summed E-state index contributed by atoms with van der Waals surface area (Å²) in [4.78, 5) is 5.77. The number of halogens is 1. The van der Waals surface area contributed by atoms with Gasteiger partial charge in [0.15, 0.2) is 0 Å². The number of thiazole rings is 1. The predicted octanol–water partition coefficient (Wildman–Crippen LogP) is 4.42. The quantitative estimate of drug-likeness (QED) is 0.770. The average molecular weight is 238 g/mol. The first-order valence-corrected chi connectivity index (χ1v) is 6.25. The maximum atomic E-state index is 5.86. The summed E-state index contributed by atoms with van der Waals surface area (Å²) in [6.07, 6.45) is 2.26. The first-order valence-electron chi connectivity index (χ1n) is 4.99. The summed E-state index contributed by atoms with van der Waals surface area (Å²) < 4.78 is 0. The Bertz CT molecular complexity index is 433. The molecule has 0 aliphatic carbocycles. The van der Waals surface area contributed by atoms with Crippen LogP contribution in [0.15, 0.2) is 29.8 Å². The Labute approximate surface area is 98.7 Å². The van der Waals surface area contributed by atoms with Crippen LogP contribution in [0.2, 0.25) is 5.02 Å². The van der Waals surface area contributed by atoms with Crippen LogP contribution in [-0.4, -0.2) is 4.98 Å². The lowest BCUT2D eigenvalue weighted by Crippen LogP contribution is -1.84. The van der Waals surface area contributed by atoms with Crippen LogP contribution >= 0.6 is 22.9 Å². The fourth-order valence-corrected chi connectivity index (χ4v) is 2.53. The van der Waals surface area contributed by atoms with E-state index in [1.807, 2.05) is 29.8 Å². The molecule has 0 bridgehead atoms. The smallest absolute Gasteiger partial charge is 0.0843 e. The molecule has 0 saturated heterocycles. The van der Waals surface area contributed by atoms with Crippen molar-refractivity contribution in [1.82, 2.24) is 4.98 Å². The van der Waals surface area contributed by atoms with Gasteiger partial charge in [0.25, 0.3) is 0 Å². The van der Waals surface area contributed by atoms with E-state index in [-0.39, 0.29) is 0 Å². The van der Waals surface area contributed by atoms with Crippen molar-refractivity contribution < 1.29 is 0 Å². The molecule has 0 saturated carbocycles. The lowest BCUT2D eigenvalue weighted by atomic mass is 10.1. The lowest BCUT2D eigenvalue weighted by molar-refractivity contribution is 0.938. The van der Waals surface area contributed by atoms with Gasteiger partial charge in [-0.2, -0.15) is 0 Å². The summed E-state index contributed by atoms with van der Waals surface area (Å²) in [5, 5.41) is 0.769. The van der Waals surface area contributed by atoms with Gasteiger partial charge >= 0.3 is 0 Å². The van der Waals surface area contributed by atoms with E-state index < -0.39 is 0 Å². The summed E-state index contributed by atoms with van der Waals surface area (Å²) in [6, 6.07) is 7.87. The normalized spacial score (nSPS) is 10.5. The molecule has 0 aliphatic rings. The zero-order chi connectivity index (χ0) is 10.7. The molecular formula is C12H12ClNS. The minimum atomic E-state index is 0.769. The molecule has 1 heterocycles. The van der Waals surface area contributed by atoms with Gasteiger partial charge in [-0.3, -0.25) is 0 Å². The molecule has 0 fully saturated rings. The Hall–Kier alpha value is -0.860. The first-order chi connectivity index (χ1) is 7.31. The van der Waals surface area contributed by atoms with E-state index in [0.29, 0.717) is 0 Å². The molecule has 2 aromatic rings. The summed E-state index contributed by atoms with van der Waals surface area (Å²) in [7, 11) is 0. The molecule has 78 valence electrons. The number of nitrogens with zero attached hydrogens (tertiary/aromatic N) is 1. The second-order valence-electron chi connectivity index (χ2n) is 3.38. The largest absolute Gasteiger partial charge is 0.244 e. The van der Waals surface area contributed by atoms with Gasteiger partial charge in [0.1, 0.15) is 0 Å². The number of rotatable bonds is 3. The molecule has 0 atom stereocenters. The summed E-state index contributed by atoms with van der Waals surface area (Å²) in [6.45, 7) is 2.19. The Morgan fingerprint density at radius 1 is 1.27 bits per heavy atom. The van der Waals surface area contributed by atoms with Gasteiger partial charge in [-0.25, -0.2) is 4.98 Å². The van der Waals surface area contributed by atoms with E-state index >= 15 is 0 Å². The van der Waals surface area contributed by atoms with Crippen molar-refractivity contribution in [3.63, 3.8) is 0 Å². The highest BCUT2D eigenvalue weighted by molar-refractivity contribution is 7.10. The molecule has 0 aliphatic heterocycles. The van der Waals surface area contributed by atoms with Crippen LogP contribution in [0.1, 0.15) is 18.2 Å². The van der Waals surface area contributed by atoms with Gasteiger partial charge in [0.2, 0.25) is 0 Å². The minimum absolute atomic E-state index is 0.769. The van der Waals surface area contributed by atoms with Gasteiger partial charge in [-0.05, 0) is 18.6 Å². The fourth-order valence-electron chi connectivity index (χ4n) is 1.52. The molecule has 0 spiro atoms. The predicted molar refractivity (Wildman–Crippen MR) is 66.6 cm³/mol. The van der Waals surface area contributed by atoms with E-state index in [2.05, 4.69) is 11.9 Å². The minimum Gasteiger partial charge on any atom is -0.244 e. The summed E-state index contributed by atoms with van der Waals surface area (Å²) in [5.74, 6) is 0. The highest BCUT2D eigenvalue weighted by Crippen LogP contribution is 2.27. The first kappa shape index (κ1) is 10.7. The van der Waals surface area contributed by atoms with Gasteiger partial charge in [-0.15, -0.1) is 11.3 Å².